The van der Waals surface area contributed by atoms with Gasteiger partial charge in [-0.2, -0.15) is 0 Å². The predicted octanol–water partition coefficient (Wildman–Crippen LogP) is 2.85. The monoisotopic (exact) mass is 326 g/mol. The van der Waals surface area contributed by atoms with E-state index in [4.69, 9.17) is 4.74 Å². The average Bonchev–Trinajstić information content (AvgIpc) is 2.41. The van der Waals surface area contributed by atoms with Crippen molar-refractivity contribution < 1.29 is 4.74 Å². The van der Waals surface area contributed by atoms with Crippen molar-refractivity contribution >= 4 is 15.9 Å². The molecule has 0 N–H and O–H groups in total. The summed E-state index contributed by atoms with van der Waals surface area (Å²) in [4.78, 5) is 4.84. The third-order valence-electron chi connectivity index (χ3n) is 3.84. The molecule has 0 spiro atoms. The van der Waals surface area contributed by atoms with Gasteiger partial charge in [0.25, 0.3) is 0 Å². The zero-order valence-electron chi connectivity index (χ0n) is 11.8. The molecule has 2 rings (SSSR count). The number of likely N-dealkylation sites (N-methyl/N-ethyl adjacent to an activating group) is 1. The molecule has 1 heterocycles. The van der Waals surface area contributed by atoms with Gasteiger partial charge in [-0.1, -0.05) is 15.9 Å². The van der Waals surface area contributed by atoms with Crippen molar-refractivity contribution in [1.29, 1.82) is 0 Å². The third kappa shape index (κ3) is 4.79. The molecule has 0 aliphatic carbocycles. The zero-order valence-corrected chi connectivity index (χ0v) is 13.4. The number of benzene rings is 1. The van der Waals surface area contributed by atoms with E-state index >= 15 is 0 Å². The largest absolute Gasteiger partial charge is 0.492 e. The lowest BCUT2D eigenvalue weighted by Gasteiger charge is -2.35. The van der Waals surface area contributed by atoms with Crippen LogP contribution in [0.15, 0.2) is 28.7 Å². The number of piperidine rings is 1. The van der Waals surface area contributed by atoms with E-state index in [1.807, 2.05) is 24.3 Å². The van der Waals surface area contributed by atoms with E-state index in [0.29, 0.717) is 6.04 Å². The van der Waals surface area contributed by atoms with Crippen LogP contribution in [0.25, 0.3) is 0 Å². The molecule has 1 fully saturated rings. The van der Waals surface area contributed by atoms with E-state index in [1.54, 1.807) is 0 Å². The quantitative estimate of drug-likeness (QED) is 0.827. The zero-order chi connectivity index (χ0) is 13.7. The van der Waals surface area contributed by atoms with Crippen LogP contribution in [0.1, 0.15) is 12.8 Å². The fourth-order valence-corrected chi connectivity index (χ4v) is 2.72. The number of likely N-dealkylation sites (tertiary alicyclic amines) is 1. The molecule has 4 heteroatoms. The van der Waals surface area contributed by atoms with Gasteiger partial charge in [-0.05, 0) is 64.3 Å². The van der Waals surface area contributed by atoms with E-state index in [0.717, 1.165) is 23.4 Å². The Labute approximate surface area is 124 Å². The van der Waals surface area contributed by atoms with Gasteiger partial charge in [-0.15, -0.1) is 0 Å². The third-order valence-corrected chi connectivity index (χ3v) is 4.37. The Balaban J connectivity index is 1.69. The standard InChI is InChI=1S/C15H23BrN2O/c1-17-9-7-14(8-10-17)18(2)11-12-19-15-5-3-13(16)4-6-15/h3-6,14H,7-12H2,1-2H3. The van der Waals surface area contributed by atoms with E-state index in [-0.39, 0.29) is 0 Å². The molecule has 0 aromatic heterocycles. The first-order valence-corrected chi connectivity index (χ1v) is 7.71. The highest BCUT2D eigenvalue weighted by atomic mass is 79.9. The van der Waals surface area contributed by atoms with Crippen molar-refractivity contribution in [3.8, 4) is 5.75 Å². The van der Waals surface area contributed by atoms with Crippen molar-refractivity contribution in [2.75, 3.05) is 40.3 Å². The number of ether oxygens (including phenoxy) is 1. The first-order valence-electron chi connectivity index (χ1n) is 6.92. The second-order valence-electron chi connectivity index (χ2n) is 5.32. The van der Waals surface area contributed by atoms with Gasteiger partial charge in [0.15, 0.2) is 0 Å². The van der Waals surface area contributed by atoms with Crippen LogP contribution in [0, 0.1) is 0 Å². The first-order chi connectivity index (χ1) is 9.15. The molecule has 1 aliphatic rings. The summed E-state index contributed by atoms with van der Waals surface area (Å²) in [7, 11) is 4.41. The number of hydrogen-bond acceptors (Lipinski definition) is 3. The molecule has 1 saturated heterocycles. The SMILES string of the molecule is CN1CCC(N(C)CCOc2ccc(Br)cc2)CC1. The molecule has 1 aromatic rings. The number of rotatable bonds is 5. The highest BCUT2D eigenvalue weighted by Gasteiger charge is 2.20. The van der Waals surface area contributed by atoms with E-state index in [1.165, 1.54) is 25.9 Å². The lowest BCUT2D eigenvalue weighted by molar-refractivity contribution is 0.127. The number of nitrogens with zero attached hydrogens (tertiary/aromatic N) is 2. The van der Waals surface area contributed by atoms with Crippen molar-refractivity contribution in [3.63, 3.8) is 0 Å². The highest BCUT2D eigenvalue weighted by molar-refractivity contribution is 9.10. The molecule has 106 valence electrons. The fraction of sp³-hybridized carbons (Fsp3) is 0.600. The Kier molecular flexibility index (Phi) is 5.67. The summed E-state index contributed by atoms with van der Waals surface area (Å²) in [5.41, 5.74) is 0. The lowest BCUT2D eigenvalue weighted by atomic mass is 10.0. The molecule has 0 atom stereocenters. The second kappa shape index (κ2) is 7.27. The van der Waals surface area contributed by atoms with E-state index in [9.17, 15) is 0 Å². The topological polar surface area (TPSA) is 15.7 Å². The molecule has 0 radical (unpaired) electrons. The van der Waals surface area contributed by atoms with Gasteiger partial charge in [0.05, 0.1) is 0 Å². The Bertz CT molecular complexity index is 374. The van der Waals surface area contributed by atoms with Crippen molar-refractivity contribution in [1.82, 2.24) is 9.80 Å². The summed E-state index contributed by atoms with van der Waals surface area (Å²) in [6.45, 7) is 4.17. The van der Waals surface area contributed by atoms with Gasteiger partial charge >= 0.3 is 0 Å². The average molecular weight is 327 g/mol. The molecule has 0 amide bonds. The van der Waals surface area contributed by atoms with Gasteiger partial charge < -0.3 is 9.64 Å². The molecule has 0 bridgehead atoms. The maximum absolute atomic E-state index is 5.77. The Morgan fingerprint density at radius 3 is 2.53 bits per heavy atom. The normalized spacial score (nSPS) is 17.9. The van der Waals surface area contributed by atoms with Gasteiger partial charge in [0.2, 0.25) is 0 Å². The molecule has 0 unspecified atom stereocenters. The van der Waals surface area contributed by atoms with Crippen LogP contribution in [0.5, 0.6) is 5.75 Å². The smallest absolute Gasteiger partial charge is 0.119 e. The van der Waals surface area contributed by atoms with Crippen LogP contribution in [0.3, 0.4) is 0 Å². The summed E-state index contributed by atoms with van der Waals surface area (Å²) < 4.78 is 6.86. The summed E-state index contributed by atoms with van der Waals surface area (Å²) in [6, 6.07) is 8.73. The van der Waals surface area contributed by atoms with Crippen LogP contribution in [0.2, 0.25) is 0 Å². The lowest BCUT2D eigenvalue weighted by Crippen LogP contribution is -2.43. The van der Waals surface area contributed by atoms with Gasteiger partial charge in [0, 0.05) is 17.1 Å². The van der Waals surface area contributed by atoms with Crippen molar-refractivity contribution in [2.24, 2.45) is 0 Å². The second-order valence-corrected chi connectivity index (χ2v) is 6.23. The predicted molar refractivity (Wildman–Crippen MR) is 82.8 cm³/mol. The maximum atomic E-state index is 5.77. The fourth-order valence-electron chi connectivity index (χ4n) is 2.46. The van der Waals surface area contributed by atoms with Crippen molar-refractivity contribution in [2.45, 2.75) is 18.9 Å². The maximum Gasteiger partial charge on any atom is 0.119 e. The summed E-state index contributed by atoms with van der Waals surface area (Å²) in [6.07, 6.45) is 2.54. The minimum atomic E-state index is 0.713. The molecule has 19 heavy (non-hydrogen) atoms. The van der Waals surface area contributed by atoms with Crippen LogP contribution in [-0.4, -0.2) is 56.2 Å². The van der Waals surface area contributed by atoms with Gasteiger partial charge in [0.1, 0.15) is 12.4 Å². The van der Waals surface area contributed by atoms with Crippen LogP contribution in [-0.2, 0) is 0 Å². The molecule has 1 aromatic carbocycles. The minimum absolute atomic E-state index is 0.713. The minimum Gasteiger partial charge on any atom is -0.492 e. The summed E-state index contributed by atoms with van der Waals surface area (Å²) in [5.74, 6) is 0.944. The van der Waals surface area contributed by atoms with Crippen LogP contribution in [0.4, 0.5) is 0 Å². The summed E-state index contributed by atoms with van der Waals surface area (Å²) in [5, 5.41) is 0. The molecule has 1 aliphatic heterocycles. The summed E-state index contributed by atoms with van der Waals surface area (Å²) >= 11 is 3.43. The van der Waals surface area contributed by atoms with Gasteiger partial charge in [-0.3, -0.25) is 4.90 Å². The van der Waals surface area contributed by atoms with E-state index < -0.39 is 0 Å². The number of halogens is 1. The molecule has 3 nitrogen and oxygen atoms in total. The Morgan fingerprint density at radius 2 is 1.89 bits per heavy atom. The number of hydrogen-bond donors (Lipinski definition) is 0. The Hall–Kier alpha value is -0.580. The molecular formula is C15H23BrN2O. The first kappa shape index (κ1) is 14.8. The highest BCUT2D eigenvalue weighted by Crippen LogP contribution is 2.17. The molecular weight excluding hydrogens is 304 g/mol. The van der Waals surface area contributed by atoms with Crippen molar-refractivity contribution in [3.05, 3.63) is 28.7 Å². The van der Waals surface area contributed by atoms with Crippen LogP contribution >= 0.6 is 15.9 Å². The Morgan fingerprint density at radius 1 is 1.26 bits per heavy atom. The molecule has 0 saturated carbocycles. The van der Waals surface area contributed by atoms with Gasteiger partial charge in [-0.25, -0.2) is 0 Å². The van der Waals surface area contributed by atoms with E-state index in [2.05, 4.69) is 39.8 Å². The van der Waals surface area contributed by atoms with Crippen LogP contribution < -0.4 is 4.74 Å².